The molecular formula is C10H18N2O3S. The zero-order valence-electron chi connectivity index (χ0n) is 9.91. The van der Waals surface area contributed by atoms with Crippen LogP contribution in [0.3, 0.4) is 0 Å². The molecule has 1 N–H and O–H groups in total. The van der Waals surface area contributed by atoms with Crippen LogP contribution >= 0.6 is 0 Å². The Labute approximate surface area is 96.4 Å². The van der Waals surface area contributed by atoms with E-state index >= 15 is 0 Å². The molecule has 0 aromatic carbocycles. The summed E-state index contributed by atoms with van der Waals surface area (Å²) in [4.78, 5) is 13.3. The van der Waals surface area contributed by atoms with E-state index in [2.05, 4.69) is 5.32 Å². The minimum absolute atomic E-state index is 0.0100. The first-order valence-electron chi connectivity index (χ1n) is 5.14. The average molecular weight is 246 g/mol. The van der Waals surface area contributed by atoms with Crippen molar-refractivity contribution < 1.29 is 13.2 Å². The Balaban J connectivity index is 2.54. The van der Waals surface area contributed by atoms with Crippen molar-refractivity contribution in [1.29, 1.82) is 0 Å². The van der Waals surface area contributed by atoms with Gasteiger partial charge in [0, 0.05) is 38.5 Å². The van der Waals surface area contributed by atoms with Crippen LogP contribution in [0.4, 0.5) is 0 Å². The molecule has 0 aromatic rings. The summed E-state index contributed by atoms with van der Waals surface area (Å²) in [5.74, 6) is -0.0732. The van der Waals surface area contributed by atoms with Gasteiger partial charge in [-0.2, -0.15) is 0 Å². The first kappa shape index (κ1) is 13.2. The fourth-order valence-electron chi connectivity index (χ4n) is 1.36. The first-order valence-corrected chi connectivity index (χ1v) is 7.20. The van der Waals surface area contributed by atoms with E-state index in [1.807, 2.05) is 0 Å². The molecule has 1 heterocycles. The third-order valence-corrected chi connectivity index (χ3v) is 3.60. The Bertz CT molecular complexity index is 406. The smallest absolute Gasteiger partial charge is 0.249 e. The number of hydrogen-bond acceptors (Lipinski definition) is 4. The maximum Gasteiger partial charge on any atom is 0.249 e. The van der Waals surface area contributed by atoms with E-state index < -0.39 is 9.84 Å². The van der Waals surface area contributed by atoms with Crippen molar-refractivity contribution in [3.63, 3.8) is 0 Å². The SMILES string of the molecule is CC(C(=O)N(C)CCS(C)(=O)=O)=C1CNC1. The zero-order chi connectivity index (χ0) is 12.3. The van der Waals surface area contributed by atoms with Gasteiger partial charge in [-0.05, 0) is 12.5 Å². The predicted octanol–water partition coefficient (Wildman–Crippen LogP) is -0.591. The molecule has 1 aliphatic rings. The second kappa shape index (κ2) is 4.97. The maximum atomic E-state index is 11.8. The van der Waals surface area contributed by atoms with Crippen molar-refractivity contribution in [2.75, 3.05) is 38.7 Å². The molecule has 0 atom stereocenters. The summed E-state index contributed by atoms with van der Waals surface area (Å²) < 4.78 is 21.9. The zero-order valence-corrected chi connectivity index (χ0v) is 10.7. The number of amides is 1. The molecule has 0 radical (unpaired) electrons. The largest absolute Gasteiger partial charge is 0.341 e. The fraction of sp³-hybridized carbons (Fsp3) is 0.700. The number of carbonyl (C=O) groups is 1. The molecule has 1 saturated heterocycles. The Kier molecular flexibility index (Phi) is 4.09. The highest BCUT2D eigenvalue weighted by molar-refractivity contribution is 7.90. The lowest BCUT2D eigenvalue weighted by Gasteiger charge is -2.24. The van der Waals surface area contributed by atoms with Crippen molar-refractivity contribution >= 4 is 15.7 Å². The third kappa shape index (κ3) is 3.61. The van der Waals surface area contributed by atoms with Crippen LogP contribution in [0.5, 0.6) is 0 Å². The summed E-state index contributed by atoms with van der Waals surface area (Å²) in [7, 11) is -1.38. The standard InChI is InChI=1S/C10H18N2O3S/c1-8(9-6-11-7-9)10(13)12(2)4-5-16(3,14)15/h11H,4-7H2,1-3H3. The van der Waals surface area contributed by atoms with E-state index in [1.54, 1.807) is 14.0 Å². The summed E-state index contributed by atoms with van der Waals surface area (Å²) in [5, 5.41) is 3.07. The predicted molar refractivity (Wildman–Crippen MR) is 62.9 cm³/mol. The van der Waals surface area contributed by atoms with Crippen LogP contribution in [-0.2, 0) is 14.6 Å². The minimum Gasteiger partial charge on any atom is -0.341 e. The van der Waals surface area contributed by atoms with Gasteiger partial charge in [-0.25, -0.2) is 8.42 Å². The van der Waals surface area contributed by atoms with Crippen molar-refractivity contribution in [2.24, 2.45) is 0 Å². The highest BCUT2D eigenvalue weighted by Gasteiger charge is 2.19. The molecule has 0 unspecified atom stereocenters. The lowest BCUT2D eigenvalue weighted by atomic mass is 10.0. The molecule has 0 spiro atoms. The van der Waals surface area contributed by atoms with Gasteiger partial charge in [-0.15, -0.1) is 0 Å². The van der Waals surface area contributed by atoms with Crippen molar-refractivity contribution in [1.82, 2.24) is 10.2 Å². The molecular weight excluding hydrogens is 228 g/mol. The molecule has 16 heavy (non-hydrogen) atoms. The number of rotatable bonds is 4. The molecule has 5 nitrogen and oxygen atoms in total. The lowest BCUT2D eigenvalue weighted by molar-refractivity contribution is -0.125. The molecule has 1 fully saturated rings. The number of likely N-dealkylation sites (N-methyl/N-ethyl adjacent to an activating group) is 1. The average Bonchev–Trinajstić information content (AvgIpc) is 2.08. The second-order valence-corrected chi connectivity index (χ2v) is 6.45. The number of hydrogen-bond donors (Lipinski definition) is 1. The van der Waals surface area contributed by atoms with Crippen LogP contribution in [0.2, 0.25) is 0 Å². The van der Waals surface area contributed by atoms with Crippen molar-refractivity contribution in [3.8, 4) is 0 Å². The first-order chi connectivity index (χ1) is 7.31. The van der Waals surface area contributed by atoms with E-state index in [0.29, 0.717) is 0 Å². The molecule has 1 rings (SSSR count). The van der Waals surface area contributed by atoms with E-state index in [0.717, 1.165) is 24.2 Å². The fourth-order valence-corrected chi connectivity index (χ4v) is 1.96. The second-order valence-electron chi connectivity index (χ2n) is 4.19. The molecule has 0 saturated carbocycles. The van der Waals surface area contributed by atoms with Gasteiger partial charge in [0.1, 0.15) is 9.84 Å². The Hall–Kier alpha value is -0.880. The normalized spacial score (nSPS) is 15.6. The van der Waals surface area contributed by atoms with Crippen LogP contribution < -0.4 is 5.32 Å². The molecule has 1 aliphatic heterocycles. The van der Waals surface area contributed by atoms with E-state index in [-0.39, 0.29) is 18.2 Å². The molecule has 92 valence electrons. The maximum absolute atomic E-state index is 11.8. The van der Waals surface area contributed by atoms with Crippen LogP contribution in [0.25, 0.3) is 0 Å². The van der Waals surface area contributed by atoms with Gasteiger partial charge in [-0.1, -0.05) is 0 Å². The summed E-state index contributed by atoms with van der Waals surface area (Å²) in [6.45, 7) is 3.56. The Morgan fingerprint density at radius 3 is 2.38 bits per heavy atom. The van der Waals surface area contributed by atoms with Gasteiger partial charge in [0.05, 0.1) is 5.75 Å². The number of nitrogens with zero attached hydrogens (tertiary/aromatic N) is 1. The number of carbonyl (C=O) groups excluding carboxylic acids is 1. The number of nitrogens with one attached hydrogen (secondary N) is 1. The van der Waals surface area contributed by atoms with Crippen molar-refractivity contribution in [3.05, 3.63) is 11.1 Å². The molecule has 0 aliphatic carbocycles. The molecule has 1 amide bonds. The molecule has 0 bridgehead atoms. The van der Waals surface area contributed by atoms with Gasteiger partial charge in [0.2, 0.25) is 5.91 Å². The van der Waals surface area contributed by atoms with E-state index in [4.69, 9.17) is 0 Å². The highest BCUT2D eigenvalue weighted by Crippen LogP contribution is 2.11. The van der Waals surface area contributed by atoms with Gasteiger partial charge in [0.15, 0.2) is 0 Å². The monoisotopic (exact) mass is 246 g/mol. The van der Waals surface area contributed by atoms with Gasteiger partial charge in [0.25, 0.3) is 0 Å². The molecule has 6 heteroatoms. The summed E-state index contributed by atoms with van der Waals surface area (Å²) in [5.41, 5.74) is 1.84. The number of sulfone groups is 1. The van der Waals surface area contributed by atoms with Gasteiger partial charge >= 0.3 is 0 Å². The summed E-state index contributed by atoms with van der Waals surface area (Å²) >= 11 is 0. The molecule has 0 aromatic heterocycles. The lowest BCUT2D eigenvalue weighted by Crippen LogP contribution is -2.39. The van der Waals surface area contributed by atoms with Crippen LogP contribution in [0.1, 0.15) is 6.92 Å². The Morgan fingerprint density at radius 1 is 1.44 bits per heavy atom. The van der Waals surface area contributed by atoms with Gasteiger partial charge in [-0.3, -0.25) is 4.79 Å². The van der Waals surface area contributed by atoms with Crippen LogP contribution in [0, 0.1) is 0 Å². The van der Waals surface area contributed by atoms with Crippen LogP contribution in [0.15, 0.2) is 11.1 Å². The van der Waals surface area contributed by atoms with Gasteiger partial charge < -0.3 is 10.2 Å². The quantitative estimate of drug-likeness (QED) is 0.673. The highest BCUT2D eigenvalue weighted by atomic mass is 32.2. The summed E-state index contributed by atoms with van der Waals surface area (Å²) in [6.07, 6.45) is 1.17. The summed E-state index contributed by atoms with van der Waals surface area (Å²) in [6, 6.07) is 0. The minimum atomic E-state index is -3.01. The van der Waals surface area contributed by atoms with E-state index in [9.17, 15) is 13.2 Å². The third-order valence-electron chi connectivity index (χ3n) is 2.67. The van der Waals surface area contributed by atoms with Crippen molar-refractivity contribution in [2.45, 2.75) is 6.92 Å². The van der Waals surface area contributed by atoms with Crippen LogP contribution in [-0.4, -0.2) is 57.9 Å². The topological polar surface area (TPSA) is 66.5 Å². The van der Waals surface area contributed by atoms with E-state index in [1.165, 1.54) is 11.2 Å². The Morgan fingerprint density at radius 2 is 2.00 bits per heavy atom.